The zero-order valence-corrected chi connectivity index (χ0v) is 13.7. The lowest BCUT2D eigenvalue weighted by atomic mass is 10.0. The molecule has 0 aliphatic rings. The molecule has 3 heteroatoms. The summed E-state index contributed by atoms with van der Waals surface area (Å²) in [6, 6.07) is 15.5. The average Bonchev–Trinajstić information content (AvgIpc) is 2.54. The zero-order valence-electron chi connectivity index (χ0n) is 12.9. The molecule has 2 aromatic rings. The van der Waals surface area contributed by atoms with E-state index in [1.165, 1.54) is 16.3 Å². The van der Waals surface area contributed by atoms with Crippen LogP contribution in [-0.2, 0) is 0 Å². The maximum Gasteiger partial charge on any atom is 0.0547 e. The molecule has 0 fully saturated rings. The van der Waals surface area contributed by atoms with E-state index in [0.29, 0.717) is 6.04 Å². The molecule has 0 spiro atoms. The van der Waals surface area contributed by atoms with Gasteiger partial charge in [-0.2, -0.15) is 11.8 Å². The fraction of sp³-hybridized carbons (Fsp3) is 0.444. The van der Waals surface area contributed by atoms with Crippen molar-refractivity contribution in [3.05, 3.63) is 48.0 Å². The van der Waals surface area contributed by atoms with Gasteiger partial charge in [-0.15, -0.1) is 0 Å². The van der Waals surface area contributed by atoms with E-state index in [1.54, 1.807) is 0 Å². The summed E-state index contributed by atoms with van der Waals surface area (Å²) in [7, 11) is 0. The second-order valence-electron chi connectivity index (χ2n) is 5.44. The molecule has 2 unspecified atom stereocenters. The largest absolute Gasteiger partial charge is 0.395 e. The third-order valence-electron chi connectivity index (χ3n) is 3.62. The molecule has 0 aliphatic carbocycles. The topological polar surface area (TPSA) is 32.3 Å². The van der Waals surface area contributed by atoms with Crippen LogP contribution in [0.1, 0.15) is 31.9 Å². The maximum atomic E-state index is 9.19. The Bertz CT molecular complexity index is 558. The molecule has 114 valence electrons. The molecule has 2 N–H and O–H groups in total. The van der Waals surface area contributed by atoms with Crippen molar-refractivity contribution in [2.24, 2.45) is 0 Å². The second-order valence-corrected chi connectivity index (χ2v) is 6.91. The first-order chi connectivity index (χ1) is 10.2. The summed E-state index contributed by atoms with van der Waals surface area (Å²) in [5.74, 6) is 0.986. The van der Waals surface area contributed by atoms with E-state index in [4.69, 9.17) is 0 Å². The predicted molar refractivity (Wildman–Crippen MR) is 94.0 cm³/mol. The van der Waals surface area contributed by atoms with Crippen molar-refractivity contribution in [1.82, 2.24) is 5.32 Å². The van der Waals surface area contributed by atoms with Crippen molar-refractivity contribution >= 4 is 22.5 Å². The lowest BCUT2D eigenvalue weighted by molar-refractivity contribution is 0.300. The quantitative estimate of drug-likeness (QED) is 0.773. The van der Waals surface area contributed by atoms with Gasteiger partial charge < -0.3 is 10.4 Å². The summed E-state index contributed by atoms with van der Waals surface area (Å²) in [5, 5.41) is 15.7. The van der Waals surface area contributed by atoms with E-state index in [9.17, 15) is 5.11 Å². The number of thioether (sulfide) groups is 1. The maximum absolute atomic E-state index is 9.19. The van der Waals surface area contributed by atoms with Gasteiger partial charge in [-0.1, -0.05) is 50.2 Å². The number of aliphatic hydroxyl groups is 1. The van der Waals surface area contributed by atoms with Crippen molar-refractivity contribution in [2.45, 2.75) is 31.6 Å². The third-order valence-corrected chi connectivity index (χ3v) is 4.87. The summed E-state index contributed by atoms with van der Waals surface area (Å²) in [6.45, 7) is 5.52. The molecule has 0 radical (unpaired) electrons. The number of hydrogen-bond acceptors (Lipinski definition) is 3. The Morgan fingerprint density at radius 1 is 1.14 bits per heavy atom. The summed E-state index contributed by atoms with van der Waals surface area (Å²) < 4.78 is 0. The molecule has 21 heavy (non-hydrogen) atoms. The van der Waals surface area contributed by atoms with Crippen LogP contribution >= 0.6 is 11.8 Å². The van der Waals surface area contributed by atoms with Crippen molar-refractivity contribution in [2.75, 3.05) is 18.9 Å². The molecule has 0 saturated carbocycles. The number of rotatable bonds is 8. The molecule has 0 amide bonds. The smallest absolute Gasteiger partial charge is 0.0547 e. The first kappa shape index (κ1) is 16.3. The average molecular weight is 303 g/mol. The van der Waals surface area contributed by atoms with Crippen LogP contribution < -0.4 is 5.32 Å². The van der Waals surface area contributed by atoms with Crippen molar-refractivity contribution < 1.29 is 5.11 Å². The molecule has 0 aliphatic heterocycles. The van der Waals surface area contributed by atoms with Gasteiger partial charge in [-0.05, 0) is 35.4 Å². The van der Waals surface area contributed by atoms with Gasteiger partial charge in [0.15, 0.2) is 0 Å². The molecule has 2 aromatic carbocycles. The third kappa shape index (κ3) is 4.73. The van der Waals surface area contributed by atoms with Gasteiger partial charge >= 0.3 is 0 Å². The Morgan fingerprint density at radius 2 is 1.90 bits per heavy atom. The van der Waals surface area contributed by atoms with Crippen LogP contribution in [0.25, 0.3) is 10.8 Å². The normalized spacial score (nSPS) is 14.2. The lowest BCUT2D eigenvalue weighted by Gasteiger charge is -2.21. The summed E-state index contributed by atoms with van der Waals surface area (Å²) in [5.41, 5.74) is 1.33. The minimum absolute atomic E-state index is 0.239. The minimum Gasteiger partial charge on any atom is -0.395 e. The second kappa shape index (κ2) is 8.42. The van der Waals surface area contributed by atoms with E-state index in [0.717, 1.165) is 18.7 Å². The van der Waals surface area contributed by atoms with Crippen LogP contribution in [-0.4, -0.2) is 29.3 Å². The van der Waals surface area contributed by atoms with Crippen LogP contribution in [0.5, 0.6) is 0 Å². The van der Waals surface area contributed by atoms with Crippen LogP contribution in [0, 0.1) is 0 Å². The Labute approximate surface area is 131 Å². The van der Waals surface area contributed by atoms with Gasteiger partial charge in [-0.3, -0.25) is 0 Å². The van der Waals surface area contributed by atoms with Gasteiger partial charge in [0.2, 0.25) is 0 Å². The fourth-order valence-corrected chi connectivity index (χ4v) is 3.27. The highest BCUT2D eigenvalue weighted by molar-refractivity contribution is 7.99. The van der Waals surface area contributed by atoms with E-state index in [-0.39, 0.29) is 11.9 Å². The number of benzene rings is 2. The summed E-state index contributed by atoms with van der Waals surface area (Å²) >= 11 is 1.82. The van der Waals surface area contributed by atoms with Crippen molar-refractivity contribution in [3.63, 3.8) is 0 Å². The molecule has 2 rings (SSSR count). The zero-order chi connectivity index (χ0) is 15.1. The summed E-state index contributed by atoms with van der Waals surface area (Å²) in [4.78, 5) is 0. The highest BCUT2D eigenvalue weighted by Crippen LogP contribution is 2.24. The molecule has 0 bridgehead atoms. The van der Waals surface area contributed by atoms with Crippen LogP contribution in [0.2, 0.25) is 0 Å². The number of fused-ring (bicyclic) bond motifs is 1. The molecule has 0 heterocycles. The van der Waals surface area contributed by atoms with E-state index in [2.05, 4.69) is 61.6 Å². The molecular formula is C18H25NOS. The predicted octanol–water partition coefficient (Wildman–Crippen LogP) is 3.99. The van der Waals surface area contributed by atoms with E-state index < -0.39 is 0 Å². The van der Waals surface area contributed by atoms with Gasteiger partial charge in [-0.25, -0.2) is 0 Å². The minimum atomic E-state index is 0.239. The summed E-state index contributed by atoms with van der Waals surface area (Å²) in [6.07, 6.45) is 1.13. The lowest BCUT2D eigenvalue weighted by Crippen LogP contribution is -2.25. The molecule has 2 nitrogen and oxygen atoms in total. The Kier molecular flexibility index (Phi) is 6.55. The molecule has 2 atom stereocenters. The van der Waals surface area contributed by atoms with Gasteiger partial charge in [0, 0.05) is 17.0 Å². The highest BCUT2D eigenvalue weighted by atomic mass is 32.2. The standard InChI is InChI=1S/C18H25NOS/c1-3-10-19-18(13-21-14(2)12-20)17-9-8-15-6-4-5-7-16(15)11-17/h4-9,11,14,18-20H,3,10,12-13H2,1-2H3. The van der Waals surface area contributed by atoms with Gasteiger partial charge in [0.05, 0.1) is 6.61 Å². The first-order valence-electron chi connectivity index (χ1n) is 7.69. The number of nitrogens with one attached hydrogen (secondary N) is 1. The molecular weight excluding hydrogens is 278 g/mol. The van der Waals surface area contributed by atoms with Crippen LogP contribution in [0.4, 0.5) is 0 Å². The Hall–Kier alpha value is -1.03. The highest BCUT2D eigenvalue weighted by Gasteiger charge is 2.13. The Balaban J connectivity index is 2.16. The van der Waals surface area contributed by atoms with Crippen molar-refractivity contribution in [1.29, 1.82) is 0 Å². The molecule has 0 aromatic heterocycles. The number of aliphatic hydroxyl groups excluding tert-OH is 1. The van der Waals surface area contributed by atoms with E-state index >= 15 is 0 Å². The van der Waals surface area contributed by atoms with Gasteiger partial charge in [0.1, 0.15) is 0 Å². The van der Waals surface area contributed by atoms with Crippen LogP contribution in [0.15, 0.2) is 42.5 Å². The SMILES string of the molecule is CCCNC(CSC(C)CO)c1ccc2ccccc2c1. The molecule has 0 saturated heterocycles. The van der Waals surface area contributed by atoms with Crippen molar-refractivity contribution in [3.8, 4) is 0 Å². The van der Waals surface area contributed by atoms with Gasteiger partial charge in [0.25, 0.3) is 0 Å². The first-order valence-corrected chi connectivity index (χ1v) is 8.74. The fourth-order valence-electron chi connectivity index (χ4n) is 2.33. The van der Waals surface area contributed by atoms with Crippen LogP contribution in [0.3, 0.4) is 0 Å². The Morgan fingerprint density at radius 3 is 2.62 bits per heavy atom. The van der Waals surface area contributed by atoms with E-state index in [1.807, 2.05) is 11.8 Å². The monoisotopic (exact) mass is 303 g/mol. The number of hydrogen-bond donors (Lipinski definition) is 2.